The molecule has 1 amide bonds. The maximum Gasteiger partial charge on any atom is 0.242 e. The Kier molecular flexibility index (Phi) is 4.97. The lowest BCUT2D eigenvalue weighted by atomic mass is 10.1. The molecule has 0 aliphatic carbocycles. The minimum Gasteiger partial charge on any atom is -0.293 e. The molecule has 0 bridgehead atoms. The molecule has 0 unspecified atom stereocenters. The molecule has 0 radical (unpaired) electrons. The van der Waals surface area contributed by atoms with Crippen LogP contribution in [-0.4, -0.2) is 40.6 Å². The van der Waals surface area contributed by atoms with Gasteiger partial charge in [0.05, 0.1) is 6.54 Å². The molecule has 132 valence electrons. The number of anilines is 1. The number of aromatic nitrogens is 2. The molecule has 0 N–H and O–H groups in total. The maximum atomic E-state index is 12.5. The number of thiophene rings is 1. The van der Waals surface area contributed by atoms with Crippen LogP contribution < -0.4 is 4.90 Å². The minimum absolute atomic E-state index is 0.0306. The first-order valence-electron chi connectivity index (χ1n) is 8.34. The molecular weight excluding hydrogens is 368 g/mol. The fraction of sp³-hybridized carbons (Fsp3) is 0.211. The molecular formula is C19H17ClN4OS. The van der Waals surface area contributed by atoms with Crippen LogP contribution >= 0.6 is 22.9 Å². The molecule has 4 rings (SSSR count). The molecule has 5 nitrogen and oxygen atoms in total. The second-order valence-electron chi connectivity index (χ2n) is 6.14. The lowest BCUT2D eigenvalue weighted by Gasteiger charge is -2.33. The van der Waals surface area contributed by atoms with Gasteiger partial charge in [-0.3, -0.25) is 14.6 Å². The number of rotatable bonds is 4. The summed E-state index contributed by atoms with van der Waals surface area (Å²) in [5.41, 5.74) is 2.43. The van der Waals surface area contributed by atoms with E-state index in [1.165, 1.54) is 16.0 Å². The second-order valence-corrected chi connectivity index (χ2v) is 7.48. The highest BCUT2D eigenvalue weighted by molar-refractivity contribution is 7.13. The number of carbonyl (C=O) groups is 1. The lowest BCUT2D eigenvalue weighted by molar-refractivity contribution is -0.121. The molecule has 3 aromatic rings. The van der Waals surface area contributed by atoms with Crippen LogP contribution in [0.4, 0.5) is 5.82 Å². The van der Waals surface area contributed by atoms with Crippen LogP contribution in [0.1, 0.15) is 5.56 Å². The molecule has 1 saturated heterocycles. The van der Waals surface area contributed by atoms with E-state index in [2.05, 4.69) is 56.9 Å². The third kappa shape index (κ3) is 3.77. The molecule has 3 heterocycles. The first-order valence-corrected chi connectivity index (χ1v) is 9.59. The number of carbonyl (C=O) groups excluding carboxylic acids is 1. The van der Waals surface area contributed by atoms with Gasteiger partial charge in [-0.05, 0) is 34.7 Å². The predicted octanol–water partition coefficient (Wildman–Crippen LogP) is 3.71. The fourth-order valence-electron chi connectivity index (χ4n) is 3.03. The van der Waals surface area contributed by atoms with E-state index >= 15 is 0 Å². The minimum atomic E-state index is 0.0306. The van der Waals surface area contributed by atoms with E-state index in [9.17, 15) is 4.79 Å². The zero-order chi connectivity index (χ0) is 17.9. The molecule has 0 spiro atoms. The number of hydrogen-bond donors (Lipinski definition) is 0. The van der Waals surface area contributed by atoms with E-state index in [0.29, 0.717) is 24.1 Å². The van der Waals surface area contributed by atoms with Crippen molar-refractivity contribution in [2.45, 2.75) is 6.54 Å². The van der Waals surface area contributed by atoms with Gasteiger partial charge in [-0.15, -0.1) is 21.5 Å². The second kappa shape index (κ2) is 7.53. The first kappa shape index (κ1) is 17.1. The van der Waals surface area contributed by atoms with Crippen molar-refractivity contribution in [3.8, 4) is 10.4 Å². The quantitative estimate of drug-likeness (QED) is 0.688. The molecule has 7 heteroatoms. The van der Waals surface area contributed by atoms with Crippen LogP contribution in [-0.2, 0) is 11.3 Å². The van der Waals surface area contributed by atoms with Gasteiger partial charge < -0.3 is 0 Å². The van der Waals surface area contributed by atoms with Crippen molar-refractivity contribution >= 4 is 34.7 Å². The molecule has 1 aromatic carbocycles. The Morgan fingerprint density at radius 2 is 1.88 bits per heavy atom. The number of amides is 1. The number of benzene rings is 1. The summed E-state index contributed by atoms with van der Waals surface area (Å²) in [4.78, 5) is 17.6. The van der Waals surface area contributed by atoms with Crippen LogP contribution in [0.2, 0.25) is 5.15 Å². The van der Waals surface area contributed by atoms with Gasteiger partial charge in [0.25, 0.3) is 0 Å². The summed E-state index contributed by atoms with van der Waals surface area (Å²) in [5, 5.41) is 10.2. The van der Waals surface area contributed by atoms with Crippen molar-refractivity contribution in [2.75, 3.05) is 24.5 Å². The van der Waals surface area contributed by atoms with Crippen LogP contribution in [0.5, 0.6) is 0 Å². The lowest BCUT2D eigenvalue weighted by Crippen LogP contribution is -2.50. The highest BCUT2D eigenvalue weighted by atomic mass is 35.5. The van der Waals surface area contributed by atoms with E-state index in [-0.39, 0.29) is 5.91 Å². The average molecular weight is 385 g/mol. The topological polar surface area (TPSA) is 49.3 Å². The Morgan fingerprint density at radius 1 is 1.04 bits per heavy atom. The fourth-order valence-corrected chi connectivity index (χ4v) is 3.86. The van der Waals surface area contributed by atoms with E-state index in [1.54, 1.807) is 28.4 Å². The summed E-state index contributed by atoms with van der Waals surface area (Å²) in [5.74, 6) is 0.586. The number of nitrogens with zero attached hydrogens (tertiary/aromatic N) is 4. The van der Waals surface area contributed by atoms with E-state index in [1.807, 2.05) is 0 Å². The van der Waals surface area contributed by atoms with E-state index in [4.69, 9.17) is 11.6 Å². The zero-order valence-electron chi connectivity index (χ0n) is 14.0. The summed E-state index contributed by atoms with van der Waals surface area (Å²) in [6, 6.07) is 16.1. The smallest absolute Gasteiger partial charge is 0.242 e. The number of hydrogen-bond acceptors (Lipinski definition) is 5. The van der Waals surface area contributed by atoms with Gasteiger partial charge in [-0.1, -0.05) is 41.9 Å². The molecule has 1 fully saturated rings. The predicted molar refractivity (Wildman–Crippen MR) is 104 cm³/mol. The maximum absolute atomic E-state index is 12.5. The van der Waals surface area contributed by atoms with Crippen molar-refractivity contribution in [1.82, 2.24) is 15.1 Å². The van der Waals surface area contributed by atoms with E-state index < -0.39 is 0 Å². The summed E-state index contributed by atoms with van der Waals surface area (Å²) in [7, 11) is 0. The Hall–Kier alpha value is -2.28. The summed E-state index contributed by atoms with van der Waals surface area (Å²) >= 11 is 7.50. The first-order chi connectivity index (χ1) is 12.7. The average Bonchev–Trinajstić information content (AvgIpc) is 3.18. The Bertz CT molecular complexity index is 881. The van der Waals surface area contributed by atoms with Gasteiger partial charge in [-0.25, -0.2) is 0 Å². The van der Waals surface area contributed by atoms with E-state index in [0.717, 1.165) is 13.1 Å². The van der Waals surface area contributed by atoms with Gasteiger partial charge in [0.1, 0.15) is 0 Å². The van der Waals surface area contributed by atoms with Gasteiger partial charge in [-0.2, -0.15) is 0 Å². The molecule has 0 atom stereocenters. The van der Waals surface area contributed by atoms with Gasteiger partial charge in [0, 0.05) is 24.5 Å². The molecule has 2 aromatic heterocycles. The Morgan fingerprint density at radius 3 is 2.54 bits per heavy atom. The van der Waals surface area contributed by atoms with Crippen LogP contribution in [0, 0.1) is 0 Å². The summed E-state index contributed by atoms with van der Waals surface area (Å²) < 4.78 is 0. The third-order valence-electron chi connectivity index (χ3n) is 4.36. The summed E-state index contributed by atoms with van der Waals surface area (Å²) in [6.45, 7) is 2.53. The highest BCUT2D eigenvalue weighted by Crippen LogP contribution is 2.25. The molecule has 26 heavy (non-hydrogen) atoms. The Labute approximate surface area is 160 Å². The normalized spacial score (nSPS) is 15.4. The van der Waals surface area contributed by atoms with Crippen molar-refractivity contribution in [2.24, 2.45) is 0 Å². The number of halogens is 1. The Balaban J connectivity index is 1.38. The number of piperazine rings is 1. The molecule has 1 aliphatic heterocycles. The van der Waals surface area contributed by atoms with Gasteiger partial charge in [0.15, 0.2) is 11.0 Å². The van der Waals surface area contributed by atoms with Crippen LogP contribution in [0.3, 0.4) is 0 Å². The third-order valence-corrected chi connectivity index (χ3v) is 5.48. The highest BCUT2D eigenvalue weighted by Gasteiger charge is 2.26. The molecule has 0 saturated carbocycles. The van der Waals surface area contributed by atoms with Crippen molar-refractivity contribution in [3.05, 3.63) is 64.6 Å². The molecule has 1 aliphatic rings. The largest absolute Gasteiger partial charge is 0.293 e. The van der Waals surface area contributed by atoms with Crippen molar-refractivity contribution in [3.63, 3.8) is 0 Å². The standard InChI is InChI=1S/C19H17ClN4OS/c20-17-7-8-18(22-21-17)24-10-9-23(13-19(24)25)12-14-3-5-15(6-4-14)16-2-1-11-26-16/h1-8,11H,9-10,12-13H2. The van der Waals surface area contributed by atoms with Crippen molar-refractivity contribution < 1.29 is 4.79 Å². The monoisotopic (exact) mass is 384 g/mol. The van der Waals surface area contributed by atoms with Gasteiger partial charge >= 0.3 is 0 Å². The van der Waals surface area contributed by atoms with Gasteiger partial charge in [0.2, 0.25) is 5.91 Å². The summed E-state index contributed by atoms with van der Waals surface area (Å²) in [6.07, 6.45) is 0. The van der Waals surface area contributed by atoms with Crippen LogP contribution in [0.25, 0.3) is 10.4 Å². The zero-order valence-corrected chi connectivity index (χ0v) is 15.6. The van der Waals surface area contributed by atoms with Crippen molar-refractivity contribution in [1.29, 1.82) is 0 Å². The SMILES string of the molecule is O=C1CN(Cc2ccc(-c3cccs3)cc2)CCN1c1ccc(Cl)nn1. The van der Waals surface area contributed by atoms with Crippen LogP contribution in [0.15, 0.2) is 53.9 Å².